The van der Waals surface area contributed by atoms with Crippen molar-refractivity contribution >= 4 is 33.9 Å². The van der Waals surface area contributed by atoms with Gasteiger partial charge in [-0.05, 0) is 44.0 Å². The Kier molecular flexibility index (Phi) is 4.05. The molecule has 0 bridgehead atoms. The molecule has 136 valence electrons. The summed E-state index contributed by atoms with van der Waals surface area (Å²) >= 11 is 1.73. The van der Waals surface area contributed by atoms with Gasteiger partial charge in [0.1, 0.15) is 11.6 Å². The van der Waals surface area contributed by atoms with Crippen LogP contribution >= 0.6 is 11.3 Å². The molecule has 0 saturated carbocycles. The molecular weight excluding hydrogens is 356 g/mol. The second kappa shape index (κ2) is 6.57. The third-order valence-corrected chi connectivity index (χ3v) is 6.34. The Hall–Kier alpha value is -2.53. The maximum absolute atomic E-state index is 12.6. The van der Waals surface area contributed by atoms with E-state index in [0.29, 0.717) is 18.7 Å². The summed E-state index contributed by atoms with van der Waals surface area (Å²) in [6.07, 6.45) is 3.95. The average Bonchev–Trinajstić information content (AvgIpc) is 3.26. The number of fused-ring (bicyclic) bond motifs is 1. The van der Waals surface area contributed by atoms with E-state index < -0.39 is 0 Å². The SMILES string of the molecule is Cc1ccc(C2N=C(Cc3nc4ccccc4o3)CC3=C2C(=O)CCC3)s1. The predicted octanol–water partition coefficient (Wildman–Crippen LogP) is 5.38. The van der Waals surface area contributed by atoms with E-state index in [4.69, 9.17) is 9.41 Å². The van der Waals surface area contributed by atoms with E-state index in [1.54, 1.807) is 11.3 Å². The second-order valence-electron chi connectivity index (χ2n) is 7.27. The molecule has 2 aliphatic rings. The minimum atomic E-state index is -0.153. The van der Waals surface area contributed by atoms with Gasteiger partial charge in [-0.3, -0.25) is 9.79 Å². The predicted molar refractivity (Wildman–Crippen MR) is 107 cm³/mol. The molecule has 0 fully saturated rings. The Morgan fingerprint density at radius 2 is 2.07 bits per heavy atom. The number of dihydropyridines is 1. The van der Waals surface area contributed by atoms with Crippen molar-refractivity contribution in [3.05, 3.63) is 63.2 Å². The quantitative estimate of drug-likeness (QED) is 0.617. The zero-order valence-electron chi connectivity index (χ0n) is 15.2. The molecule has 27 heavy (non-hydrogen) atoms. The zero-order chi connectivity index (χ0) is 18.4. The van der Waals surface area contributed by atoms with Crippen LogP contribution in [0.3, 0.4) is 0 Å². The molecule has 2 aromatic heterocycles. The Labute approximate surface area is 161 Å². The first-order valence-corrected chi connectivity index (χ1v) is 10.2. The summed E-state index contributed by atoms with van der Waals surface area (Å²) in [5.41, 5.74) is 4.96. The molecular formula is C22H20N2O2S. The van der Waals surface area contributed by atoms with Gasteiger partial charge in [0.15, 0.2) is 11.4 Å². The number of hydrogen-bond donors (Lipinski definition) is 0. The Bertz CT molecular complexity index is 1070. The topological polar surface area (TPSA) is 55.5 Å². The smallest absolute Gasteiger partial charge is 0.201 e. The van der Waals surface area contributed by atoms with Crippen LogP contribution in [-0.4, -0.2) is 16.5 Å². The molecule has 5 rings (SSSR count). The number of nitrogens with zero attached hydrogens (tertiary/aromatic N) is 2. The number of aryl methyl sites for hydroxylation is 1. The number of carbonyl (C=O) groups is 1. The van der Waals surface area contributed by atoms with Crippen LogP contribution in [0, 0.1) is 6.92 Å². The maximum atomic E-state index is 12.6. The number of benzene rings is 1. The van der Waals surface area contributed by atoms with Gasteiger partial charge in [-0.25, -0.2) is 4.98 Å². The van der Waals surface area contributed by atoms with Crippen molar-refractivity contribution in [2.45, 2.75) is 45.1 Å². The van der Waals surface area contributed by atoms with E-state index in [1.165, 1.54) is 10.5 Å². The molecule has 0 N–H and O–H groups in total. The van der Waals surface area contributed by atoms with Crippen molar-refractivity contribution in [2.24, 2.45) is 4.99 Å². The summed E-state index contributed by atoms with van der Waals surface area (Å²) < 4.78 is 5.90. The lowest BCUT2D eigenvalue weighted by Gasteiger charge is -2.29. The van der Waals surface area contributed by atoms with Gasteiger partial charge in [-0.2, -0.15) is 0 Å². The fourth-order valence-electron chi connectivity index (χ4n) is 4.08. The van der Waals surface area contributed by atoms with E-state index in [0.717, 1.165) is 46.5 Å². The lowest BCUT2D eigenvalue weighted by atomic mass is 9.81. The van der Waals surface area contributed by atoms with Crippen LogP contribution in [0.5, 0.6) is 0 Å². The number of Topliss-reactive ketones (excluding diaryl/α,β-unsaturated/α-hetero) is 1. The van der Waals surface area contributed by atoms with E-state index in [9.17, 15) is 4.79 Å². The highest BCUT2D eigenvalue weighted by molar-refractivity contribution is 7.12. The lowest BCUT2D eigenvalue weighted by molar-refractivity contribution is -0.116. The normalized spacial score (nSPS) is 20.1. The van der Waals surface area contributed by atoms with Gasteiger partial charge in [0.05, 0.1) is 6.42 Å². The van der Waals surface area contributed by atoms with Crippen molar-refractivity contribution < 1.29 is 9.21 Å². The minimum absolute atomic E-state index is 0.153. The van der Waals surface area contributed by atoms with Crippen LogP contribution in [0.1, 0.15) is 47.4 Å². The molecule has 1 aromatic carbocycles. The first-order chi connectivity index (χ1) is 13.2. The van der Waals surface area contributed by atoms with Gasteiger partial charge in [-0.15, -0.1) is 11.3 Å². The third-order valence-electron chi connectivity index (χ3n) is 5.29. The molecule has 3 heterocycles. The number of thiophene rings is 1. The highest BCUT2D eigenvalue weighted by atomic mass is 32.1. The van der Waals surface area contributed by atoms with Crippen LogP contribution in [0.4, 0.5) is 0 Å². The van der Waals surface area contributed by atoms with Gasteiger partial charge in [0.25, 0.3) is 0 Å². The van der Waals surface area contributed by atoms with E-state index in [1.807, 2.05) is 24.3 Å². The highest BCUT2D eigenvalue weighted by Gasteiger charge is 2.33. The minimum Gasteiger partial charge on any atom is -0.440 e. The fraction of sp³-hybridized carbons (Fsp3) is 0.318. The lowest BCUT2D eigenvalue weighted by Crippen LogP contribution is -2.24. The molecule has 3 aromatic rings. The van der Waals surface area contributed by atoms with Crippen LogP contribution in [-0.2, 0) is 11.2 Å². The number of ketones is 1. The van der Waals surface area contributed by atoms with Crippen LogP contribution in [0.25, 0.3) is 11.1 Å². The monoisotopic (exact) mass is 376 g/mol. The van der Waals surface area contributed by atoms with E-state index in [-0.39, 0.29) is 11.8 Å². The van der Waals surface area contributed by atoms with Crippen molar-refractivity contribution in [3.63, 3.8) is 0 Å². The number of rotatable bonds is 3. The summed E-state index contributed by atoms with van der Waals surface area (Å²) in [7, 11) is 0. The first-order valence-electron chi connectivity index (χ1n) is 9.39. The highest BCUT2D eigenvalue weighted by Crippen LogP contribution is 2.42. The number of oxazole rings is 1. The van der Waals surface area contributed by atoms with Crippen molar-refractivity contribution in [2.75, 3.05) is 0 Å². The molecule has 0 radical (unpaired) electrons. The van der Waals surface area contributed by atoms with Gasteiger partial charge >= 0.3 is 0 Å². The summed E-state index contributed by atoms with van der Waals surface area (Å²) in [4.78, 5) is 24.7. The number of carbonyl (C=O) groups excluding carboxylic acids is 1. The molecule has 1 aliphatic heterocycles. The largest absolute Gasteiger partial charge is 0.440 e. The fourth-order valence-corrected chi connectivity index (χ4v) is 5.01. The van der Waals surface area contributed by atoms with Gasteiger partial charge in [0.2, 0.25) is 5.89 Å². The first kappa shape index (κ1) is 16.6. The number of para-hydroxylation sites is 2. The number of aromatic nitrogens is 1. The van der Waals surface area contributed by atoms with Gasteiger partial charge < -0.3 is 4.42 Å². The molecule has 1 atom stereocenters. The van der Waals surface area contributed by atoms with Gasteiger partial charge in [0, 0.05) is 33.9 Å². The third kappa shape index (κ3) is 3.06. The Morgan fingerprint density at radius 1 is 1.19 bits per heavy atom. The number of aliphatic imine (C=N–C) groups is 1. The van der Waals surface area contributed by atoms with Crippen molar-refractivity contribution in [1.82, 2.24) is 4.98 Å². The maximum Gasteiger partial charge on any atom is 0.201 e. The molecule has 0 saturated heterocycles. The standard InChI is InChI=1S/C22H20N2O2S/c1-13-9-10-19(27-13)22-21-14(5-4-7-17(21)25)11-15(23-22)12-20-24-16-6-2-3-8-18(16)26-20/h2-3,6,8-10,22H,4-5,7,11-12H2,1H3. The number of hydrogen-bond acceptors (Lipinski definition) is 5. The molecule has 1 unspecified atom stereocenters. The number of allylic oxidation sites excluding steroid dienone is 1. The van der Waals surface area contributed by atoms with Crippen LogP contribution < -0.4 is 0 Å². The molecule has 1 aliphatic carbocycles. The Balaban J connectivity index is 1.52. The van der Waals surface area contributed by atoms with Crippen molar-refractivity contribution in [1.29, 1.82) is 0 Å². The zero-order valence-corrected chi connectivity index (χ0v) is 16.0. The van der Waals surface area contributed by atoms with E-state index in [2.05, 4.69) is 24.0 Å². The van der Waals surface area contributed by atoms with E-state index >= 15 is 0 Å². The van der Waals surface area contributed by atoms with Crippen molar-refractivity contribution in [3.8, 4) is 0 Å². The summed E-state index contributed by atoms with van der Waals surface area (Å²) in [5.74, 6) is 0.971. The molecule has 5 heteroatoms. The summed E-state index contributed by atoms with van der Waals surface area (Å²) in [6.45, 7) is 2.10. The molecule has 4 nitrogen and oxygen atoms in total. The average molecular weight is 376 g/mol. The second-order valence-corrected chi connectivity index (χ2v) is 8.59. The Morgan fingerprint density at radius 3 is 2.89 bits per heavy atom. The summed E-state index contributed by atoms with van der Waals surface area (Å²) in [6, 6.07) is 11.9. The van der Waals surface area contributed by atoms with Crippen LogP contribution in [0.2, 0.25) is 0 Å². The molecule has 0 amide bonds. The summed E-state index contributed by atoms with van der Waals surface area (Å²) in [5, 5.41) is 0. The molecule has 0 spiro atoms. The van der Waals surface area contributed by atoms with Crippen LogP contribution in [0.15, 0.2) is 57.0 Å². The van der Waals surface area contributed by atoms with Gasteiger partial charge in [-0.1, -0.05) is 17.7 Å².